The van der Waals surface area contributed by atoms with Gasteiger partial charge in [0.15, 0.2) is 0 Å². The molecule has 0 aliphatic carbocycles. The molecule has 0 fully saturated rings. The van der Waals surface area contributed by atoms with E-state index in [9.17, 15) is 32.3 Å². The van der Waals surface area contributed by atoms with Gasteiger partial charge in [-0.3, -0.25) is 9.78 Å². The van der Waals surface area contributed by atoms with E-state index in [1.165, 1.54) is 22.9 Å². The normalized spacial score (nSPS) is 11.4. The molecule has 13 heteroatoms. The van der Waals surface area contributed by atoms with E-state index in [0.717, 1.165) is 12.3 Å². The van der Waals surface area contributed by atoms with E-state index in [-0.39, 0.29) is 35.7 Å². The Balaban J connectivity index is 1.67. The summed E-state index contributed by atoms with van der Waals surface area (Å²) in [4.78, 5) is 33.3. The zero-order valence-corrected chi connectivity index (χ0v) is 19.2. The number of hydrogen-bond donors (Lipinski definition) is 4. The second-order valence-corrected chi connectivity index (χ2v) is 7.85. The maximum absolute atomic E-state index is 14.5. The molecule has 4 rings (SSSR count). The molecule has 0 saturated heterocycles. The molecule has 0 spiro atoms. The highest BCUT2D eigenvalue weighted by molar-refractivity contribution is 6.00. The van der Waals surface area contributed by atoms with Crippen LogP contribution < -0.4 is 21.5 Å². The number of nitrogens with zero attached hydrogens (tertiary/aromatic N) is 3. The first kappa shape index (κ1) is 25.6. The van der Waals surface area contributed by atoms with E-state index >= 15 is 0 Å². The fourth-order valence-corrected chi connectivity index (χ4v) is 3.67. The van der Waals surface area contributed by atoms with Crippen LogP contribution in [-0.2, 0) is 12.7 Å². The van der Waals surface area contributed by atoms with E-state index in [1.54, 1.807) is 19.2 Å². The average molecular weight is 516 g/mol. The maximum Gasteiger partial charge on any atom is 0.417 e. The molecule has 3 heterocycles. The molecule has 0 aliphatic heterocycles. The highest BCUT2D eigenvalue weighted by Crippen LogP contribution is 2.30. The number of hydrogen-bond acceptors (Lipinski definition) is 6. The molecule has 2 amide bonds. The zero-order chi connectivity index (χ0) is 26.7. The molecule has 0 unspecified atom stereocenters. The van der Waals surface area contributed by atoms with Crippen LogP contribution in [-0.4, -0.2) is 39.3 Å². The van der Waals surface area contributed by atoms with Gasteiger partial charge in [0, 0.05) is 43.0 Å². The summed E-state index contributed by atoms with van der Waals surface area (Å²) in [5.74, 6) is -0.320. The van der Waals surface area contributed by atoms with Crippen molar-refractivity contribution >= 4 is 34.1 Å². The minimum absolute atomic E-state index is 0.00390. The number of anilines is 3. The summed E-state index contributed by atoms with van der Waals surface area (Å²) in [6, 6.07) is 6.49. The number of halogens is 4. The van der Waals surface area contributed by atoms with E-state index in [4.69, 9.17) is 0 Å². The molecule has 0 radical (unpaired) electrons. The molecule has 37 heavy (non-hydrogen) atoms. The lowest BCUT2D eigenvalue weighted by Crippen LogP contribution is -2.24. The van der Waals surface area contributed by atoms with Gasteiger partial charge in [-0.25, -0.2) is 14.2 Å². The van der Waals surface area contributed by atoms with Crippen molar-refractivity contribution in [3.8, 4) is 11.1 Å². The molecule has 4 N–H and O–H groups in total. The SMILES string of the molecule is CNc1cc2c(cn1)cc(-c1ccc(F)c(NC(=O)Nc3cncc(C(F)(F)F)c3)c1)c(=O)n2CCO. The van der Waals surface area contributed by atoms with Crippen LogP contribution in [0.25, 0.3) is 22.0 Å². The number of aliphatic hydroxyl groups is 1. The second-order valence-electron chi connectivity index (χ2n) is 7.85. The van der Waals surface area contributed by atoms with Crippen molar-refractivity contribution in [3.63, 3.8) is 0 Å². The third-order valence-corrected chi connectivity index (χ3v) is 5.41. The predicted molar refractivity (Wildman–Crippen MR) is 130 cm³/mol. The number of amides is 2. The van der Waals surface area contributed by atoms with Crippen molar-refractivity contribution < 1.29 is 27.5 Å². The number of carbonyl (C=O) groups is 1. The van der Waals surface area contributed by atoms with E-state index in [2.05, 4.69) is 25.9 Å². The van der Waals surface area contributed by atoms with Crippen LogP contribution in [0.2, 0.25) is 0 Å². The standard InChI is InChI=1S/C24H20F4N6O3/c1-29-21-9-20-14(10-31-21)6-17(22(36)34(20)4-5-35)13-2-3-18(25)19(7-13)33-23(37)32-16-8-15(11-30-12-16)24(26,27)28/h2-3,6-12,35H,4-5H2,1H3,(H,29,31)(H2,32,33,37). The Morgan fingerprint density at radius 1 is 1.08 bits per heavy atom. The number of benzene rings is 1. The van der Waals surface area contributed by atoms with Crippen LogP contribution in [0.15, 0.2) is 59.8 Å². The van der Waals surface area contributed by atoms with Gasteiger partial charge in [-0.1, -0.05) is 6.07 Å². The summed E-state index contributed by atoms with van der Waals surface area (Å²) in [7, 11) is 1.67. The quantitative estimate of drug-likeness (QED) is 0.284. The van der Waals surface area contributed by atoms with Crippen molar-refractivity contribution in [3.05, 3.63) is 76.7 Å². The predicted octanol–water partition coefficient (Wildman–Crippen LogP) is 4.29. The molecular weight excluding hydrogens is 496 g/mol. The number of nitrogens with one attached hydrogen (secondary N) is 3. The van der Waals surface area contributed by atoms with Crippen molar-refractivity contribution in [2.75, 3.05) is 29.6 Å². The van der Waals surface area contributed by atoms with Gasteiger partial charge in [-0.2, -0.15) is 13.2 Å². The molecule has 9 nitrogen and oxygen atoms in total. The first-order valence-electron chi connectivity index (χ1n) is 10.8. The molecule has 0 aliphatic rings. The number of carbonyl (C=O) groups excluding carboxylic acids is 1. The minimum atomic E-state index is -4.66. The van der Waals surface area contributed by atoms with Crippen LogP contribution >= 0.6 is 0 Å². The molecule has 0 bridgehead atoms. The Kier molecular flexibility index (Phi) is 7.07. The topological polar surface area (TPSA) is 121 Å². The lowest BCUT2D eigenvalue weighted by molar-refractivity contribution is -0.137. The van der Waals surface area contributed by atoms with Gasteiger partial charge >= 0.3 is 12.2 Å². The summed E-state index contributed by atoms with van der Waals surface area (Å²) < 4.78 is 54.5. The zero-order valence-electron chi connectivity index (χ0n) is 19.2. The molecule has 0 saturated carbocycles. The van der Waals surface area contributed by atoms with Gasteiger partial charge in [0.05, 0.1) is 35.3 Å². The Morgan fingerprint density at radius 2 is 1.86 bits per heavy atom. The lowest BCUT2D eigenvalue weighted by Gasteiger charge is -2.14. The fourth-order valence-electron chi connectivity index (χ4n) is 3.67. The highest BCUT2D eigenvalue weighted by Gasteiger charge is 2.31. The van der Waals surface area contributed by atoms with E-state index in [1.807, 2.05) is 0 Å². The summed E-state index contributed by atoms with van der Waals surface area (Å²) >= 11 is 0. The highest BCUT2D eigenvalue weighted by atomic mass is 19.4. The Bertz CT molecular complexity index is 1540. The summed E-state index contributed by atoms with van der Waals surface area (Å²) in [5, 5.41) is 17.4. The lowest BCUT2D eigenvalue weighted by atomic mass is 10.0. The Morgan fingerprint density at radius 3 is 2.57 bits per heavy atom. The molecule has 4 aromatic rings. The number of pyridine rings is 3. The van der Waals surface area contributed by atoms with Gasteiger partial charge in [0.2, 0.25) is 0 Å². The van der Waals surface area contributed by atoms with E-state index < -0.39 is 29.1 Å². The number of rotatable bonds is 6. The van der Waals surface area contributed by atoms with Crippen LogP contribution in [0.3, 0.4) is 0 Å². The number of aromatic nitrogens is 3. The van der Waals surface area contributed by atoms with Gasteiger partial charge < -0.3 is 25.6 Å². The molecule has 0 atom stereocenters. The average Bonchev–Trinajstić information content (AvgIpc) is 2.86. The van der Waals surface area contributed by atoms with Crippen LogP contribution in [0.1, 0.15) is 5.56 Å². The molecule has 1 aromatic carbocycles. The first-order chi connectivity index (χ1) is 17.6. The number of urea groups is 1. The second kappa shape index (κ2) is 10.2. The van der Waals surface area contributed by atoms with Crippen molar-refractivity contribution in [2.24, 2.45) is 0 Å². The number of aliphatic hydroxyl groups excluding tert-OH is 1. The Labute approximate surface area is 206 Å². The third kappa shape index (κ3) is 5.51. The Hall–Kier alpha value is -4.52. The first-order valence-corrected chi connectivity index (χ1v) is 10.8. The summed E-state index contributed by atoms with van der Waals surface area (Å²) in [5.41, 5.74) is -1.15. The fraction of sp³-hybridized carbons (Fsp3) is 0.167. The summed E-state index contributed by atoms with van der Waals surface area (Å²) in [6.45, 7) is -0.313. The van der Waals surface area contributed by atoms with Gasteiger partial charge in [0.25, 0.3) is 5.56 Å². The van der Waals surface area contributed by atoms with Crippen LogP contribution in [0, 0.1) is 5.82 Å². The minimum Gasteiger partial charge on any atom is -0.395 e. The monoisotopic (exact) mass is 516 g/mol. The third-order valence-electron chi connectivity index (χ3n) is 5.41. The van der Waals surface area contributed by atoms with Gasteiger partial charge in [-0.05, 0) is 29.8 Å². The molecule has 192 valence electrons. The largest absolute Gasteiger partial charge is 0.417 e. The van der Waals surface area contributed by atoms with Gasteiger partial charge in [-0.15, -0.1) is 0 Å². The maximum atomic E-state index is 14.5. The van der Waals surface area contributed by atoms with Crippen molar-refractivity contribution in [1.29, 1.82) is 0 Å². The molecule has 3 aromatic heterocycles. The van der Waals surface area contributed by atoms with Crippen molar-refractivity contribution in [2.45, 2.75) is 12.7 Å². The van der Waals surface area contributed by atoms with Gasteiger partial charge in [0.1, 0.15) is 11.6 Å². The number of alkyl halides is 3. The van der Waals surface area contributed by atoms with Crippen LogP contribution in [0.5, 0.6) is 0 Å². The molecular formula is C24H20F4N6O3. The van der Waals surface area contributed by atoms with E-state index in [0.29, 0.717) is 29.0 Å². The summed E-state index contributed by atoms with van der Waals surface area (Å²) in [6.07, 6.45) is -1.51. The smallest absolute Gasteiger partial charge is 0.395 e. The number of fused-ring (bicyclic) bond motifs is 1. The van der Waals surface area contributed by atoms with Crippen LogP contribution in [0.4, 0.5) is 39.5 Å². The van der Waals surface area contributed by atoms with Crippen molar-refractivity contribution in [1.82, 2.24) is 14.5 Å².